The van der Waals surface area contributed by atoms with Crippen LogP contribution >= 0.6 is 24.0 Å². The average Bonchev–Trinajstić information content (AvgIpc) is 2.75. The standard InChI is InChI=1S/C25H37N5.HI/c1-20(2)24(30-16-14-29(4)15-17-30)19-27-25(28-23-8-6-5-7-9-23)26-18-22-12-10-21(3)11-13-22;/h5-13,20,24H,14-19H2,1-4H3,(H2,26,27,28);1H. The highest BCUT2D eigenvalue weighted by Gasteiger charge is 2.25. The molecule has 2 aromatic rings. The van der Waals surface area contributed by atoms with Crippen LogP contribution in [0.1, 0.15) is 25.0 Å². The second-order valence-corrected chi connectivity index (χ2v) is 8.67. The lowest BCUT2D eigenvalue weighted by atomic mass is 10.0. The molecule has 0 spiro atoms. The number of halogens is 1. The summed E-state index contributed by atoms with van der Waals surface area (Å²) in [6.07, 6.45) is 0. The molecule has 1 unspecified atom stereocenters. The Labute approximate surface area is 205 Å². The van der Waals surface area contributed by atoms with Crippen LogP contribution < -0.4 is 10.6 Å². The second-order valence-electron chi connectivity index (χ2n) is 8.67. The fourth-order valence-electron chi connectivity index (χ4n) is 3.80. The van der Waals surface area contributed by atoms with Gasteiger partial charge in [-0.3, -0.25) is 4.90 Å². The number of para-hydroxylation sites is 1. The van der Waals surface area contributed by atoms with Crippen LogP contribution in [0.3, 0.4) is 0 Å². The summed E-state index contributed by atoms with van der Waals surface area (Å²) in [6, 6.07) is 19.3. The number of aryl methyl sites for hydroxylation is 1. The number of hydrogen-bond acceptors (Lipinski definition) is 3. The fourth-order valence-corrected chi connectivity index (χ4v) is 3.80. The van der Waals surface area contributed by atoms with Crippen molar-refractivity contribution in [3.8, 4) is 0 Å². The van der Waals surface area contributed by atoms with Gasteiger partial charge < -0.3 is 15.5 Å². The van der Waals surface area contributed by atoms with Crippen molar-refractivity contribution in [2.45, 2.75) is 33.4 Å². The van der Waals surface area contributed by atoms with Gasteiger partial charge in [-0.2, -0.15) is 0 Å². The molecule has 0 aromatic heterocycles. The van der Waals surface area contributed by atoms with E-state index in [2.05, 4.69) is 84.7 Å². The molecule has 1 aliphatic heterocycles. The van der Waals surface area contributed by atoms with Crippen molar-refractivity contribution in [1.29, 1.82) is 0 Å². The number of nitrogens with zero attached hydrogens (tertiary/aromatic N) is 3. The molecule has 6 heteroatoms. The maximum Gasteiger partial charge on any atom is 0.196 e. The Kier molecular flexibility index (Phi) is 10.8. The van der Waals surface area contributed by atoms with E-state index in [9.17, 15) is 0 Å². The van der Waals surface area contributed by atoms with Gasteiger partial charge in [-0.25, -0.2) is 4.99 Å². The molecular formula is C25H38IN5. The van der Waals surface area contributed by atoms with E-state index in [-0.39, 0.29) is 24.0 Å². The minimum absolute atomic E-state index is 0. The molecule has 170 valence electrons. The van der Waals surface area contributed by atoms with Crippen LogP contribution in [0.2, 0.25) is 0 Å². The highest BCUT2D eigenvalue weighted by molar-refractivity contribution is 14.0. The zero-order valence-electron chi connectivity index (χ0n) is 19.3. The molecule has 2 aromatic carbocycles. The van der Waals surface area contributed by atoms with Crippen molar-refractivity contribution in [2.24, 2.45) is 10.9 Å². The van der Waals surface area contributed by atoms with E-state index >= 15 is 0 Å². The van der Waals surface area contributed by atoms with Crippen molar-refractivity contribution >= 4 is 35.6 Å². The van der Waals surface area contributed by atoms with E-state index in [1.165, 1.54) is 11.1 Å². The zero-order chi connectivity index (χ0) is 21.3. The summed E-state index contributed by atoms with van der Waals surface area (Å²) in [7, 11) is 2.21. The van der Waals surface area contributed by atoms with Crippen LogP contribution in [0.4, 0.5) is 5.69 Å². The molecule has 31 heavy (non-hydrogen) atoms. The van der Waals surface area contributed by atoms with E-state index in [1.54, 1.807) is 0 Å². The third-order valence-electron chi connectivity index (χ3n) is 5.83. The van der Waals surface area contributed by atoms with Crippen LogP contribution in [0, 0.1) is 12.8 Å². The summed E-state index contributed by atoms with van der Waals surface area (Å²) in [5.41, 5.74) is 3.54. The Morgan fingerprint density at radius 3 is 2.23 bits per heavy atom. The zero-order valence-corrected chi connectivity index (χ0v) is 21.7. The number of rotatable bonds is 7. The first-order valence-corrected chi connectivity index (χ1v) is 11.1. The van der Waals surface area contributed by atoms with Gasteiger partial charge in [0.05, 0.1) is 6.54 Å². The second kappa shape index (κ2) is 13.0. The normalized spacial score (nSPS) is 16.6. The number of hydrogen-bond donors (Lipinski definition) is 2. The lowest BCUT2D eigenvalue weighted by Gasteiger charge is -2.40. The Hall–Kier alpha value is -1.64. The molecule has 1 saturated heterocycles. The molecule has 1 atom stereocenters. The molecule has 1 heterocycles. The first-order chi connectivity index (χ1) is 14.5. The Balaban J connectivity index is 0.00000341. The van der Waals surface area contributed by atoms with E-state index < -0.39 is 0 Å². The van der Waals surface area contributed by atoms with Gasteiger partial charge >= 0.3 is 0 Å². The predicted octanol–water partition coefficient (Wildman–Crippen LogP) is 4.44. The fraction of sp³-hybridized carbons (Fsp3) is 0.480. The summed E-state index contributed by atoms with van der Waals surface area (Å²) in [6.45, 7) is 12.8. The topological polar surface area (TPSA) is 42.9 Å². The molecule has 0 radical (unpaired) electrons. The van der Waals surface area contributed by atoms with E-state index in [0.717, 1.165) is 44.4 Å². The maximum atomic E-state index is 4.88. The van der Waals surface area contributed by atoms with E-state index in [4.69, 9.17) is 4.99 Å². The van der Waals surface area contributed by atoms with E-state index in [1.807, 2.05) is 18.2 Å². The van der Waals surface area contributed by atoms with Gasteiger partial charge in [-0.15, -0.1) is 24.0 Å². The van der Waals surface area contributed by atoms with Gasteiger partial charge in [-0.05, 0) is 37.6 Å². The largest absolute Gasteiger partial charge is 0.355 e. The maximum absolute atomic E-state index is 4.88. The molecule has 1 aliphatic rings. The van der Waals surface area contributed by atoms with Gasteiger partial charge in [-0.1, -0.05) is 61.9 Å². The first kappa shape index (κ1) is 25.6. The van der Waals surface area contributed by atoms with Crippen LogP contribution in [-0.4, -0.2) is 61.6 Å². The van der Waals surface area contributed by atoms with Gasteiger partial charge in [0.25, 0.3) is 0 Å². The summed E-state index contributed by atoms with van der Waals surface area (Å²) >= 11 is 0. The van der Waals surface area contributed by atoms with Gasteiger partial charge in [0.2, 0.25) is 0 Å². The van der Waals surface area contributed by atoms with Crippen molar-refractivity contribution in [3.05, 3.63) is 65.7 Å². The van der Waals surface area contributed by atoms with Crippen LogP contribution in [-0.2, 0) is 6.54 Å². The Morgan fingerprint density at radius 1 is 0.968 bits per heavy atom. The molecular weight excluding hydrogens is 497 g/mol. The van der Waals surface area contributed by atoms with Crippen LogP contribution in [0.5, 0.6) is 0 Å². The number of nitrogens with one attached hydrogen (secondary N) is 2. The summed E-state index contributed by atoms with van der Waals surface area (Å²) in [5.74, 6) is 1.41. The Bertz CT molecular complexity index is 783. The third kappa shape index (κ3) is 8.43. The predicted molar refractivity (Wildman–Crippen MR) is 143 cm³/mol. The molecule has 1 fully saturated rings. The minimum atomic E-state index is 0. The minimum Gasteiger partial charge on any atom is -0.355 e. The number of likely N-dealkylation sites (N-methyl/N-ethyl adjacent to an activating group) is 1. The highest BCUT2D eigenvalue weighted by atomic mass is 127. The SMILES string of the molecule is Cc1ccc(CN=C(NCC(C(C)C)N2CCN(C)CC2)Nc2ccccc2)cc1.I. The summed E-state index contributed by atoms with van der Waals surface area (Å²) < 4.78 is 0. The van der Waals surface area contributed by atoms with Crippen LogP contribution in [0.15, 0.2) is 59.6 Å². The van der Waals surface area contributed by atoms with Gasteiger partial charge in [0.15, 0.2) is 5.96 Å². The number of aliphatic imine (C=N–C) groups is 1. The summed E-state index contributed by atoms with van der Waals surface area (Å²) in [4.78, 5) is 9.91. The third-order valence-corrected chi connectivity index (χ3v) is 5.83. The van der Waals surface area contributed by atoms with Crippen molar-refractivity contribution in [2.75, 3.05) is 45.1 Å². The smallest absolute Gasteiger partial charge is 0.196 e. The van der Waals surface area contributed by atoms with Crippen LogP contribution in [0.25, 0.3) is 0 Å². The molecule has 3 rings (SSSR count). The number of guanidine groups is 1. The number of anilines is 1. The summed E-state index contributed by atoms with van der Waals surface area (Å²) in [5, 5.41) is 7.10. The van der Waals surface area contributed by atoms with Gasteiger partial charge in [0.1, 0.15) is 0 Å². The highest BCUT2D eigenvalue weighted by Crippen LogP contribution is 2.13. The number of benzene rings is 2. The number of piperazine rings is 1. The molecule has 0 amide bonds. The lowest BCUT2D eigenvalue weighted by Crippen LogP contribution is -2.54. The van der Waals surface area contributed by atoms with Gasteiger partial charge in [0, 0.05) is 44.5 Å². The quantitative estimate of drug-likeness (QED) is 0.313. The Morgan fingerprint density at radius 2 is 1.61 bits per heavy atom. The average molecular weight is 536 g/mol. The molecule has 0 bridgehead atoms. The van der Waals surface area contributed by atoms with Crippen molar-refractivity contribution in [1.82, 2.24) is 15.1 Å². The molecule has 2 N–H and O–H groups in total. The lowest BCUT2D eigenvalue weighted by molar-refractivity contribution is 0.0901. The molecule has 0 saturated carbocycles. The van der Waals surface area contributed by atoms with E-state index in [0.29, 0.717) is 18.5 Å². The van der Waals surface area contributed by atoms with Crippen molar-refractivity contribution < 1.29 is 0 Å². The van der Waals surface area contributed by atoms with Crippen molar-refractivity contribution in [3.63, 3.8) is 0 Å². The first-order valence-electron chi connectivity index (χ1n) is 11.1. The molecule has 5 nitrogen and oxygen atoms in total. The monoisotopic (exact) mass is 535 g/mol. The molecule has 0 aliphatic carbocycles.